The molecule has 64 valence electrons. The third-order valence-electron chi connectivity index (χ3n) is 3.92. The largest absolute Gasteiger partial charge is 0.330 e. The topological polar surface area (TPSA) is 26.0 Å². The fraction of sp³-hybridized carbons (Fsp3) is 1.00. The van der Waals surface area contributed by atoms with Crippen LogP contribution in [0, 0.1) is 11.3 Å². The first-order valence-electron chi connectivity index (χ1n) is 5.05. The van der Waals surface area contributed by atoms with E-state index in [-0.39, 0.29) is 0 Å². The normalized spacial score (nSPS) is 42.8. The third-order valence-corrected chi connectivity index (χ3v) is 3.92. The van der Waals surface area contributed by atoms with Crippen molar-refractivity contribution in [3.05, 3.63) is 0 Å². The van der Waals surface area contributed by atoms with Gasteiger partial charge in [0.1, 0.15) is 0 Å². The van der Waals surface area contributed by atoms with E-state index in [0.29, 0.717) is 5.41 Å². The quantitative estimate of drug-likeness (QED) is 0.647. The molecule has 3 aliphatic carbocycles. The summed E-state index contributed by atoms with van der Waals surface area (Å²) >= 11 is 0. The molecule has 2 bridgehead atoms. The summed E-state index contributed by atoms with van der Waals surface area (Å²) in [6, 6.07) is 0. The molecule has 0 saturated heterocycles. The Kier molecular flexibility index (Phi) is 1.92. The van der Waals surface area contributed by atoms with Gasteiger partial charge in [-0.15, -0.1) is 0 Å². The molecule has 1 heteroatoms. The van der Waals surface area contributed by atoms with E-state index in [0.717, 1.165) is 12.5 Å². The average Bonchev–Trinajstić information content (AvgIpc) is 2.07. The van der Waals surface area contributed by atoms with Gasteiger partial charge in [0.2, 0.25) is 0 Å². The highest BCUT2D eigenvalue weighted by Gasteiger charge is 2.39. The van der Waals surface area contributed by atoms with Crippen LogP contribution in [-0.4, -0.2) is 6.54 Å². The molecule has 11 heavy (non-hydrogen) atoms. The maximum atomic E-state index is 5.64. The minimum absolute atomic E-state index is 0.712. The molecule has 0 aromatic carbocycles. The number of hydrogen-bond acceptors (Lipinski definition) is 1. The van der Waals surface area contributed by atoms with Crippen LogP contribution in [0.15, 0.2) is 0 Å². The summed E-state index contributed by atoms with van der Waals surface area (Å²) < 4.78 is 0. The van der Waals surface area contributed by atoms with Gasteiger partial charge < -0.3 is 5.73 Å². The lowest BCUT2D eigenvalue weighted by Gasteiger charge is -2.46. The van der Waals surface area contributed by atoms with Gasteiger partial charge in [0.15, 0.2) is 0 Å². The van der Waals surface area contributed by atoms with E-state index in [2.05, 4.69) is 0 Å². The van der Waals surface area contributed by atoms with E-state index < -0.39 is 0 Å². The maximum Gasteiger partial charge on any atom is -0.00720 e. The van der Waals surface area contributed by atoms with Gasteiger partial charge >= 0.3 is 0 Å². The summed E-state index contributed by atoms with van der Waals surface area (Å²) in [5, 5.41) is 0. The van der Waals surface area contributed by atoms with E-state index in [1.54, 1.807) is 0 Å². The van der Waals surface area contributed by atoms with Crippen molar-refractivity contribution in [3.8, 4) is 0 Å². The summed E-state index contributed by atoms with van der Waals surface area (Å²) in [6.45, 7) is 0.907. The van der Waals surface area contributed by atoms with E-state index in [1.807, 2.05) is 0 Å². The lowest BCUT2D eigenvalue weighted by atomic mass is 9.59. The summed E-state index contributed by atoms with van der Waals surface area (Å²) in [4.78, 5) is 0. The number of nitrogens with two attached hydrogens (primary N) is 1. The standard InChI is InChI=1S/C10H19N/c11-8-7-10-4-1-9(2-5-10)3-6-10/h9H,1-8,11H2. The Labute approximate surface area is 69.4 Å². The predicted octanol–water partition coefficient (Wildman–Crippen LogP) is 2.31. The second kappa shape index (κ2) is 2.78. The van der Waals surface area contributed by atoms with Crippen molar-refractivity contribution < 1.29 is 0 Å². The molecule has 0 heterocycles. The molecule has 0 aromatic rings. The van der Waals surface area contributed by atoms with Gasteiger partial charge in [0.25, 0.3) is 0 Å². The molecule has 0 aliphatic heterocycles. The van der Waals surface area contributed by atoms with Gasteiger partial charge in [0.05, 0.1) is 0 Å². The van der Waals surface area contributed by atoms with Crippen LogP contribution in [0.1, 0.15) is 44.9 Å². The Morgan fingerprint density at radius 3 is 2.09 bits per heavy atom. The van der Waals surface area contributed by atoms with Crippen molar-refractivity contribution in [2.75, 3.05) is 6.54 Å². The zero-order chi connectivity index (χ0) is 7.73. The third kappa shape index (κ3) is 1.31. The van der Waals surface area contributed by atoms with Crippen LogP contribution in [0.5, 0.6) is 0 Å². The second-order valence-corrected chi connectivity index (χ2v) is 4.52. The maximum absolute atomic E-state index is 5.64. The Bertz CT molecular complexity index is 114. The van der Waals surface area contributed by atoms with E-state index >= 15 is 0 Å². The number of fused-ring (bicyclic) bond motifs is 3. The zero-order valence-corrected chi connectivity index (χ0v) is 7.31. The van der Waals surface area contributed by atoms with Crippen LogP contribution in [-0.2, 0) is 0 Å². The molecule has 3 aliphatic rings. The molecule has 1 nitrogen and oxygen atoms in total. The fourth-order valence-electron chi connectivity index (χ4n) is 3.02. The lowest BCUT2D eigenvalue weighted by molar-refractivity contribution is 0.0590. The summed E-state index contributed by atoms with van der Waals surface area (Å²) in [7, 11) is 0. The highest BCUT2D eigenvalue weighted by atomic mass is 14.6. The van der Waals surface area contributed by atoms with Crippen molar-refractivity contribution in [3.63, 3.8) is 0 Å². The van der Waals surface area contributed by atoms with Crippen molar-refractivity contribution in [2.45, 2.75) is 44.9 Å². The van der Waals surface area contributed by atoms with Gasteiger partial charge in [-0.2, -0.15) is 0 Å². The lowest BCUT2D eigenvalue weighted by Crippen LogP contribution is -2.35. The molecule has 3 fully saturated rings. The summed E-state index contributed by atoms with van der Waals surface area (Å²) in [5.74, 6) is 1.09. The van der Waals surface area contributed by atoms with E-state index in [1.165, 1.54) is 44.9 Å². The van der Waals surface area contributed by atoms with Crippen LogP contribution in [0.3, 0.4) is 0 Å². The van der Waals surface area contributed by atoms with Gasteiger partial charge in [0, 0.05) is 0 Å². The van der Waals surface area contributed by atoms with E-state index in [9.17, 15) is 0 Å². The second-order valence-electron chi connectivity index (χ2n) is 4.52. The monoisotopic (exact) mass is 153 g/mol. The first-order valence-corrected chi connectivity index (χ1v) is 5.05. The van der Waals surface area contributed by atoms with Crippen LogP contribution < -0.4 is 5.73 Å². The van der Waals surface area contributed by atoms with Crippen molar-refractivity contribution >= 4 is 0 Å². The Morgan fingerprint density at radius 2 is 1.64 bits per heavy atom. The van der Waals surface area contributed by atoms with Crippen LogP contribution in [0.25, 0.3) is 0 Å². The van der Waals surface area contributed by atoms with Crippen molar-refractivity contribution in [1.29, 1.82) is 0 Å². The van der Waals surface area contributed by atoms with Crippen molar-refractivity contribution in [2.24, 2.45) is 17.1 Å². The molecular weight excluding hydrogens is 134 g/mol. The summed E-state index contributed by atoms with van der Waals surface area (Å²) in [6.07, 6.45) is 10.2. The smallest absolute Gasteiger partial charge is 0.00720 e. The molecule has 3 rings (SSSR count). The van der Waals surface area contributed by atoms with Gasteiger partial charge in [-0.3, -0.25) is 0 Å². The summed E-state index contributed by atoms with van der Waals surface area (Å²) in [5.41, 5.74) is 6.35. The molecule has 0 aromatic heterocycles. The highest BCUT2D eigenvalue weighted by Crippen LogP contribution is 2.51. The molecule has 3 saturated carbocycles. The number of hydrogen-bond donors (Lipinski definition) is 1. The first-order chi connectivity index (χ1) is 5.35. The molecule has 0 amide bonds. The molecule has 0 unspecified atom stereocenters. The fourth-order valence-corrected chi connectivity index (χ4v) is 3.02. The van der Waals surface area contributed by atoms with Crippen LogP contribution in [0.2, 0.25) is 0 Å². The predicted molar refractivity (Wildman–Crippen MR) is 47.3 cm³/mol. The minimum Gasteiger partial charge on any atom is -0.330 e. The highest BCUT2D eigenvalue weighted by molar-refractivity contribution is 4.91. The van der Waals surface area contributed by atoms with E-state index in [4.69, 9.17) is 5.73 Å². The SMILES string of the molecule is NCCC12CCC(CC1)CC2. The Morgan fingerprint density at radius 1 is 1.09 bits per heavy atom. The van der Waals surface area contributed by atoms with Crippen LogP contribution >= 0.6 is 0 Å². The minimum atomic E-state index is 0.712. The first kappa shape index (κ1) is 7.60. The zero-order valence-electron chi connectivity index (χ0n) is 7.31. The molecule has 0 radical (unpaired) electrons. The Balaban J connectivity index is 2.00. The van der Waals surface area contributed by atoms with Gasteiger partial charge in [-0.1, -0.05) is 0 Å². The Hall–Kier alpha value is -0.0400. The number of rotatable bonds is 2. The molecule has 0 atom stereocenters. The van der Waals surface area contributed by atoms with Gasteiger partial charge in [-0.25, -0.2) is 0 Å². The molecule has 2 N–H and O–H groups in total. The average molecular weight is 153 g/mol. The van der Waals surface area contributed by atoms with Crippen molar-refractivity contribution in [1.82, 2.24) is 0 Å². The molecule has 0 spiro atoms. The molecular formula is C10H19N. The van der Waals surface area contributed by atoms with Gasteiger partial charge in [-0.05, 0) is 62.8 Å². The van der Waals surface area contributed by atoms with Crippen LogP contribution in [0.4, 0.5) is 0 Å².